The number of carboxylic acid groups (broad SMARTS) is 1. The van der Waals surface area contributed by atoms with Crippen LogP contribution >= 0.6 is 11.8 Å². The molecule has 4 atom stereocenters. The van der Waals surface area contributed by atoms with Crippen LogP contribution in [0.1, 0.15) is 45.2 Å². The summed E-state index contributed by atoms with van der Waals surface area (Å²) in [6.07, 6.45) is 1.25. The maximum atomic E-state index is 13.2. The summed E-state index contributed by atoms with van der Waals surface area (Å²) in [6.45, 7) is 5.56. The van der Waals surface area contributed by atoms with Crippen LogP contribution in [-0.4, -0.2) is 124 Å². The molecule has 54 heavy (non-hydrogen) atoms. The van der Waals surface area contributed by atoms with Gasteiger partial charge in [0.25, 0.3) is 0 Å². The Morgan fingerprint density at radius 3 is 1.81 bits per heavy atom. The first-order valence-electron chi connectivity index (χ1n) is 17.1. The summed E-state index contributed by atoms with van der Waals surface area (Å²) < 4.78 is 5.28. The summed E-state index contributed by atoms with van der Waals surface area (Å²) in [6, 6.07) is 9.84. The summed E-state index contributed by atoms with van der Waals surface area (Å²) in [4.78, 5) is 76.2. The van der Waals surface area contributed by atoms with Gasteiger partial charge >= 0.3 is 12.1 Å². The van der Waals surface area contributed by atoms with Gasteiger partial charge in [-0.05, 0) is 69.4 Å². The molecule has 0 radical (unpaired) electrons. The molecule has 0 bridgehead atoms. The molecule has 18 heteroatoms. The van der Waals surface area contributed by atoms with E-state index in [9.17, 15) is 39.0 Å². The van der Waals surface area contributed by atoms with Crippen LogP contribution in [0.2, 0.25) is 0 Å². The third-order valence-electron chi connectivity index (χ3n) is 7.19. The van der Waals surface area contributed by atoms with Gasteiger partial charge in [-0.15, -0.1) is 0 Å². The Hall–Kier alpha value is -4.91. The molecule has 0 spiro atoms. The van der Waals surface area contributed by atoms with Crippen molar-refractivity contribution in [2.75, 3.05) is 31.8 Å². The van der Waals surface area contributed by atoms with Crippen LogP contribution < -0.4 is 32.3 Å². The van der Waals surface area contributed by atoms with Crippen molar-refractivity contribution in [1.29, 1.82) is 0 Å². The van der Waals surface area contributed by atoms with E-state index >= 15 is 0 Å². The van der Waals surface area contributed by atoms with E-state index in [-0.39, 0.29) is 38.2 Å². The fourth-order valence-corrected chi connectivity index (χ4v) is 4.83. The number of amides is 5. The second-order valence-corrected chi connectivity index (χ2v) is 14.1. The third-order valence-corrected chi connectivity index (χ3v) is 7.83. The largest absolute Gasteiger partial charge is 0.508 e. The van der Waals surface area contributed by atoms with Crippen molar-refractivity contribution in [2.24, 2.45) is 5.73 Å². The van der Waals surface area contributed by atoms with Crippen LogP contribution in [0, 0.1) is 0 Å². The van der Waals surface area contributed by atoms with Gasteiger partial charge in [0.15, 0.2) is 0 Å². The Kier molecular flexibility index (Phi) is 21.3. The molecular formula is C36H54N6O11S. The SMILES string of the molecule is CSCC[C@H](NC(=O)[C@H](Cc1ccccc1)NC(=O)CNC(=O)[C@@H](C)NC(=O)[C@H](Cc1ccc(O)cc1)NC(=O)OC(C)(C)C)C(=O)O.NC(CO)CO. The normalized spacial score (nSPS) is 13.1. The molecule has 0 aliphatic carbocycles. The molecule has 2 aromatic carbocycles. The Balaban J connectivity index is 0.00000223. The molecule has 0 aromatic heterocycles. The second-order valence-electron chi connectivity index (χ2n) is 13.1. The van der Waals surface area contributed by atoms with Gasteiger partial charge < -0.3 is 57.5 Å². The summed E-state index contributed by atoms with van der Waals surface area (Å²) in [5, 5.41) is 47.7. The van der Waals surface area contributed by atoms with Gasteiger partial charge in [-0.2, -0.15) is 11.8 Å². The molecule has 0 saturated carbocycles. The lowest BCUT2D eigenvalue weighted by Crippen LogP contribution is -2.56. The van der Waals surface area contributed by atoms with E-state index < -0.39 is 78.0 Å². The summed E-state index contributed by atoms with van der Waals surface area (Å²) >= 11 is 1.43. The number of carbonyl (C=O) groups excluding carboxylic acids is 5. The number of ether oxygens (including phenoxy) is 1. The second kappa shape index (κ2) is 24.4. The highest BCUT2D eigenvalue weighted by Gasteiger charge is 2.29. The fraction of sp³-hybridized carbons (Fsp3) is 0.500. The monoisotopic (exact) mass is 778 g/mol. The zero-order valence-corrected chi connectivity index (χ0v) is 32.0. The number of phenolic OH excluding ortho intramolecular Hbond substituents is 1. The minimum atomic E-state index is -1.20. The van der Waals surface area contributed by atoms with Gasteiger partial charge in [-0.25, -0.2) is 9.59 Å². The smallest absolute Gasteiger partial charge is 0.408 e. The number of hydrogen-bond donors (Lipinski definition) is 10. The molecule has 0 unspecified atom stereocenters. The number of carboxylic acids is 1. The molecule has 11 N–H and O–H groups in total. The highest BCUT2D eigenvalue weighted by atomic mass is 32.2. The van der Waals surface area contributed by atoms with Crippen LogP contribution in [0.25, 0.3) is 0 Å². The van der Waals surface area contributed by atoms with Gasteiger partial charge in [0.1, 0.15) is 35.5 Å². The van der Waals surface area contributed by atoms with E-state index in [1.54, 1.807) is 63.2 Å². The Morgan fingerprint density at radius 2 is 1.31 bits per heavy atom. The van der Waals surface area contributed by atoms with E-state index in [1.165, 1.54) is 30.8 Å². The Morgan fingerprint density at radius 1 is 0.778 bits per heavy atom. The van der Waals surface area contributed by atoms with Crippen molar-refractivity contribution in [3.05, 3.63) is 65.7 Å². The molecule has 17 nitrogen and oxygen atoms in total. The molecule has 0 aliphatic rings. The van der Waals surface area contributed by atoms with Gasteiger partial charge in [0.05, 0.1) is 25.8 Å². The molecule has 0 fully saturated rings. The minimum Gasteiger partial charge on any atom is -0.508 e. The molecule has 300 valence electrons. The molecule has 2 rings (SSSR count). The highest BCUT2D eigenvalue weighted by molar-refractivity contribution is 7.98. The Bertz CT molecular complexity index is 1490. The number of nitrogens with two attached hydrogens (primary N) is 1. The van der Waals surface area contributed by atoms with Crippen LogP contribution in [-0.2, 0) is 41.6 Å². The number of rotatable bonds is 19. The summed E-state index contributed by atoms with van der Waals surface area (Å²) in [5.74, 6) is -3.49. The average molecular weight is 779 g/mol. The highest BCUT2D eigenvalue weighted by Crippen LogP contribution is 2.13. The van der Waals surface area contributed by atoms with E-state index in [4.69, 9.17) is 20.7 Å². The number of carbonyl (C=O) groups is 6. The number of aliphatic hydroxyl groups excluding tert-OH is 2. The predicted octanol–water partition coefficient (Wildman–Crippen LogP) is -0.203. The molecule has 0 heterocycles. The van der Waals surface area contributed by atoms with E-state index in [0.717, 1.165) is 5.56 Å². The fourth-order valence-electron chi connectivity index (χ4n) is 4.35. The first-order valence-corrected chi connectivity index (χ1v) is 18.5. The number of benzene rings is 2. The number of alkyl carbamates (subject to hydrolysis) is 1. The lowest BCUT2D eigenvalue weighted by Gasteiger charge is -2.24. The number of aliphatic carboxylic acids is 1. The van der Waals surface area contributed by atoms with Crippen molar-refractivity contribution in [1.82, 2.24) is 26.6 Å². The van der Waals surface area contributed by atoms with Crippen LogP contribution in [0.4, 0.5) is 4.79 Å². The van der Waals surface area contributed by atoms with Crippen molar-refractivity contribution in [2.45, 2.75) is 82.8 Å². The van der Waals surface area contributed by atoms with E-state index in [1.807, 2.05) is 6.26 Å². The zero-order chi connectivity index (χ0) is 40.8. The maximum Gasteiger partial charge on any atom is 0.408 e. The van der Waals surface area contributed by atoms with Gasteiger partial charge in [0.2, 0.25) is 23.6 Å². The lowest BCUT2D eigenvalue weighted by atomic mass is 10.0. The number of phenols is 1. The lowest BCUT2D eigenvalue weighted by molar-refractivity contribution is -0.142. The van der Waals surface area contributed by atoms with Crippen molar-refractivity contribution < 1.29 is 53.9 Å². The number of aliphatic hydroxyl groups is 2. The van der Waals surface area contributed by atoms with Crippen LogP contribution in [0.3, 0.4) is 0 Å². The van der Waals surface area contributed by atoms with Crippen LogP contribution in [0.5, 0.6) is 5.75 Å². The minimum absolute atomic E-state index is 0.0208. The topological polar surface area (TPSA) is 279 Å². The van der Waals surface area contributed by atoms with Gasteiger partial charge in [0, 0.05) is 12.8 Å². The van der Waals surface area contributed by atoms with Crippen molar-refractivity contribution in [3.8, 4) is 5.75 Å². The molecule has 2 aromatic rings. The molecule has 0 saturated heterocycles. The summed E-state index contributed by atoms with van der Waals surface area (Å²) in [7, 11) is 0. The maximum absolute atomic E-state index is 13.2. The first-order chi connectivity index (χ1) is 25.4. The van der Waals surface area contributed by atoms with Crippen LogP contribution in [0.15, 0.2) is 54.6 Å². The third kappa shape index (κ3) is 19.8. The molecular weight excluding hydrogens is 724 g/mol. The van der Waals surface area contributed by atoms with Gasteiger partial charge in [-0.3, -0.25) is 19.2 Å². The predicted molar refractivity (Wildman–Crippen MR) is 202 cm³/mol. The molecule has 5 amide bonds. The zero-order valence-electron chi connectivity index (χ0n) is 31.2. The first kappa shape index (κ1) is 47.1. The number of nitrogens with one attached hydrogen (secondary N) is 5. The van der Waals surface area contributed by atoms with Crippen molar-refractivity contribution >= 4 is 47.5 Å². The Labute approximate surface area is 319 Å². The van der Waals surface area contributed by atoms with E-state index in [2.05, 4.69) is 26.6 Å². The molecule has 0 aliphatic heterocycles. The standard InChI is InChI=1S/C33H45N5O9S.C3H9NO2/c1-20(35-29(42)26(38-32(46)47-33(2,3)4)18-22-11-13-23(39)14-12-22)28(41)34-19-27(40)36-25(17-21-9-7-6-8-10-21)30(43)37-24(31(44)45)15-16-48-5;4-3(1-5)2-6/h6-14,20,24-26,39H,15-19H2,1-5H3,(H,34,41)(H,35,42)(H,36,40)(H,37,43)(H,38,46)(H,44,45);3,5-6H,1-2,4H2/t20-,24+,25+,26+;/m1./s1. The number of hydrogen-bond acceptors (Lipinski definition) is 12. The number of aromatic hydroxyl groups is 1. The van der Waals surface area contributed by atoms with Gasteiger partial charge in [-0.1, -0.05) is 42.5 Å². The average Bonchev–Trinajstić information content (AvgIpc) is 3.11. The quantitative estimate of drug-likeness (QED) is 0.0886. The van der Waals surface area contributed by atoms with Crippen molar-refractivity contribution in [3.63, 3.8) is 0 Å². The number of thioether (sulfide) groups is 1. The van der Waals surface area contributed by atoms with E-state index in [0.29, 0.717) is 11.3 Å². The summed E-state index contributed by atoms with van der Waals surface area (Å²) in [5.41, 5.74) is 5.48.